The van der Waals surface area contributed by atoms with Crippen LogP contribution in [0.1, 0.15) is 5.56 Å². The average molecular weight is 246 g/mol. The van der Waals surface area contributed by atoms with Gasteiger partial charge in [-0.3, -0.25) is 0 Å². The highest BCUT2D eigenvalue weighted by atomic mass is 79.9. The Morgan fingerprint density at radius 3 is 2.86 bits per heavy atom. The lowest BCUT2D eigenvalue weighted by Gasteiger charge is -2.02. The number of hydrogen-bond acceptors (Lipinski definition) is 1. The second-order valence-corrected chi connectivity index (χ2v) is 3.98. The number of hydrogen-bond donors (Lipinski definition) is 0. The van der Waals surface area contributed by atoms with Crippen LogP contribution in [0.3, 0.4) is 0 Å². The van der Waals surface area contributed by atoms with Gasteiger partial charge in [0.05, 0.1) is 12.5 Å². The highest BCUT2D eigenvalue weighted by molar-refractivity contribution is 9.10. The first-order valence-corrected chi connectivity index (χ1v) is 5.14. The van der Waals surface area contributed by atoms with Crippen molar-refractivity contribution in [2.75, 3.05) is 0 Å². The first kappa shape index (κ1) is 9.23. The summed E-state index contributed by atoms with van der Waals surface area (Å²) in [5.74, 6) is 0. The fraction of sp³-hybridized carbons (Fsp3) is 0.0833. The summed E-state index contributed by atoms with van der Waals surface area (Å²) in [4.78, 5) is 0. The summed E-state index contributed by atoms with van der Waals surface area (Å²) >= 11 is 3.50. The Hall–Kier alpha value is -1.33. The molecule has 0 saturated heterocycles. The highest BCUT2D eigenvalue weighted by Crippen LogP contribution is 2.24. The molecule has 2 aromatic rings. The molecule has 0 aliphatic carbocycles. The Bertz CT molecular complexity index is 511. The molecule has 0 bridgehead atoms. The summed E-state index contributed by atoms with van der Waals surface area (Å²) in [5.41, 5.74) is 1.06. The molecule has 0 amide bonds. The normalized spacial score (nSPS) is 10.0. The number of nitrogens with zero attached hydrogens (tertiary/aromatic N) is 1. The molecule has 0 unspecified atom stereocenters. The van der Waals surface area contributed by atoms with Crippen LogP contribution >= 0.6 is 15.9 Å². The first-order valence-electron chi connectivity index (χ1n) is 4.35. The van der Waals surface area contributed by atoms with Gasteiger partial charge in [0.1, 0.15) is 0 Å². The van der Waals surface area contributed by atoms with Gasteiger partial charge in [-0.15, -0.1) is 0 Å². The van der Waals surface area contributed by atoms with Crippen molar-refractivity contribution in [2.45, 2.75) is 6.42 Å². The molecule has 0 atom stereocenters. The van der Waals surface area contributed by atoms with Crippen LogP contribution in [0.2, 0.25) is 0 Å². The van der Waals surface area contributed by atoms with E-state index in [1.54, 1.807) is 0 Å². The standard InChI is InChI=1S/C12H8BrN/c13-12-3-1-2-10-5-4-9(6-7-14)8-11(10)12/h1-5,8H,6H2. The third-order valence-electron chi connectivity index (χ3n) is 2.18. The lowest BCUT2D eigenvalue weighted by Crippen LogP contribution is -1.82. The fourth-order valence-electron chi connectivity index (χ4n) is 1.48. The quantitative estimate of drug-likeness (QED) is 0.753. The van der Waals surface area contributed by atoms with Crippen molar-refractivity contribution in [3.8, 4) is 6.07 Å². The van der Waals surface area contributed by atoms with Gasteiger partial charge >= 0.3 is 0 Å². The maximum Gasteiger partial charge on any atom is 0.0669 e. The monoisotopic (exact) mass is 245 g/mol. The third-order valence-corrected chi connectivity index (χ3v) is 2.87. The van der Waals surface area contributed by atoms with E-state index < -0.39 is 0 Å². The molecule has 0 aliphatic rings. The zero-order valence-corrected chi connectivity index (χ0v) is 9.08. The molecule has 14 heavy (non-hydrogen) atoms. The number of rotatable bonds is 1. The van der Waals surface area contributed by atoms with Crippen LogP contribution in [0.4, 0.5) is 0 Å². The Morgan fingerprint density at radius 2 is 2.07 bits per heavy atom. The van der Waals surface area contributed by atoms with Crippen molar-refractivity contribution >= 4 is 26.7 Å². The molecule has 0 spiro atoms. The van der Waals surface area contributed by atoms with Crippen molar-refractivity contribution in [3.05, 3.63) is 46.4 Å². The number of halogens is 1. The van der Waals surface area contributed by atoms with Gasteiger partial charge in [0.15, 0.2) is 0 Å². The van der Waals surface area contributed by atoms with Gasteiger partial charge in [-0.1, -0.05) is 40.2 Å². The Labute approximate surface area is 91.1 Å². The molecule has 0 fully saturated rings. The molecule has 2 heteroatoms. The predicted molar refractivity (Wildman–Crippen MR) is 61.0 cm³/mol. The second kappa shape index (κ2) is 3.81. The van der Waals surface area contributed by atoms with Gasteiger partial charge in [-0.25, -0.2) is 0 Å². The van der Waals surface area contributed by atoms with Gasteiger partial charge in [0.25, 0.3) is 0 Å². The Kier molecular flexibility index (Phi) is 2.51. The zero-order chi connectivity index (χ0) is 9.97. The lowest BCUT2D eigenvalue weighted by molar-refractivity contribution is 1.27. The highest BCUT2D eigenvalue weighted by Gasteiger charge is 1.99. The van der Waals surface area contributed by atoms with Crippen LogP contribution < -0.4 is 0 Å². The average Bonchev–Trinajstić information content (AvgIpc) is 2.20. The molecule has 2 aromatic carbocycles. The smallest absolute Gasteiger partial charge is 0.0669 e. The molecule has 0 aliphatic heterocycles. The molecule has 1 nitrogen and oxygen atoms in total. The van der Waals surface area contributed by atoms with E-state index in [2.05, 4.69) is 34.1 Å². The van der Waals surface area contributed by atoms with Crippen molar-refractivity contribution in [1.29, 1.82) is 5.26 Å². The molecule has 68 valence electrons. The van der Waals surface area contributed by atoms with E-state index in [0.717, 1.165) is 10.0 Å². The summed E-state index contributed by atoms with van der Waals surface area (Å²) in [6.45, 7) is 0. The summed E-state index contributed by atoms with van der Waals surface area (Å²) in [6, 6.07) is 14.3. The van der Waals surface area contributed by atoms with Crippen LogP contribution in [0, 0.1) is 11.3 Å². The van der Waals surface area contributed by atoms with Gasteiger partial charge in [0.2, 0.25) is 0 Å². The summed E-state index contributed by atoms with van der Waals surface area (Å²) in [5, 5.41) is 11.0. The molecule has 0 N–H and O–H groups in total. The van der Waals surface area contributed by atoms with Crippen LogP contribution in [0.15, 0.2) is 40.9 Å². The van der Waals surface area contributed by atoms with Gasteiger partial charge in [-0.05, 0) is 28.5 Å². The van der Waals surface area contributed by atoms with E-state index in [1.165, 1.54) is 10.8 Å². The predicted octanol–water partition coefficient (Wildman–Crippen LogP) is 3.67. The number of nitriles is 1. The lowest BCUT2D eigenvalue weighted by atomic mass is 10.1. The van der Waals surface area contributed by atoms with E-state index in [-0.39, 0.29) is 0 Å². The summed E-state index contributed by atoms with van der Waals surface area (Å²) < 4.78 is 1.08. The van der Waals surface area contributed by atoms with Crippen molar-refractivity contribution in [3.63, 3.8) is 0 Å². The van der Waals surface area contributed by atoms with Crippen LogP contribution in [-0.4, -0.2) is 0 Å². The maximum absolute atomic E-state index is 8.60. The van der Waals surface area contributed by atoms with E-state index in [0.29, 0.717) is 6.42 Å². The van der Waals surface area contributed by atoms with Crippen molar-refractivity contribution in [2.24, 2.45) is 0 Å². The topological polar surface area (TPSA) is 23.8 Å². The van der Waals surface area contributed by atoms with Crippen molar-refractivity contribution in [1.82, 2.24) is 0 Å². The summed E-state index contributed by atoms with van der Waals surface area (Å²) in [7, 11) is 0. The molecule has 2 rings (SSSR count). The first-order chi connectivity index (χ1) is 6.81. The fourth-order valence-corrected chi connectivity index (χ4v) is 1.98. The van der Waals surface area contributed by atoms with Crippen LogP contribution in [0.5, 0.6) is 0 Å². The van der Waals surface area contributed by atoms with Crippen LogP contribution in [-0.2, 0) is 6.42 Å². The van der Waals surface area contributed by atoms with E-state index in [4.69, 9.17) is 5.26 Å². The minimum atomic E-state index is 0.470. The Balaban J connectivity index is 2.65. The van der Waals surface area contributed by atoms with Gasteiger partial charge < -0.3 is 0 Å². The second-order valence-electron chi connectivity index (χ2n) is 3.13. The zero-order valence-electron chi connectivity index (χ0n) is 7.50. The molecular formula is C12H8BrN. The molecule has 0 aromatic heterocycles. The maximum atomic E-state index is 8.60. The number of fused-ring (bicyclic) bond motifs is 1. The van der Waals surface area contributed by atoms with E-state index in [9.17, 15) is 0 Å². The number of benzene rings is 2. The van der Waals surface area contributed by atoms with Gasteiger partial charge in [0, 0.05) is 4.47 Å². The summed E-state index contributed by atoms with van der Waals surface area (Å²) in [6.07, 6.45) is 0.470. The SMILES string of the molecule is N#CCc1ccc2cccc(Br)c2c1. The Morgan fingerprint density at radius 1 is 1.21 bits per heavy atom. The van der Waals surface area contributed by atoms with Gasteiger partial charge in [-0.2, -0.15) is 5.26 Å². The third kappa shape index (κ3) is 1.64. The van der Waals surface area contributed by atoms with E-state index in [1.807, 2.05) is 24.3 Å². The minimum Gasteiger partial charge on any atom is -0.198 e. The molecule has 0 radical (unpaired) electrons. The molecule has 0 heterocycles. The largest absolute Gasteiger partial charge is 0.198 e. The van der Waals surface area contributed by atoms with E-state index >= 15 is 0 Å². The minimum absolute atomic E-state index is 0.470. The van der Waals surface area contributed by atoms with Crippen LogP contribution in [0.25, 0.3) is 10.8 Å². The molecule has 0 saturated carbocycles. The molecular weight excluding hydrogens is 238 g/mol. The van der Waals surface area contributed by atoms with Crippen molar-refractivity contribution < 1.29 is 0 Å².